The summed E-state index contributed by atoms with van der Waals surface area (Å²) in [6, 6.07) is 7.04. The fourth-order valence-electron chi connectivity index (χ4n) is 1.80. The van der Waals surface area contributed by atoms with Gasteiger partial charge in [0.05, 0.1) is 12.8 Å². The molecule has 0 aliphatic carbocycles. The maximum absolute atomic E-state index is 11.6. The van der Waals surface area contributed by atoms with Crippen molar-refractivity contribution in [2.45, 2.75) is 12.5 Å². The van der Waals surface area contributed by atoms with Crippen LogP contribution in [-0.2, 0) is 15.1 Å². The molecule has 0 spiro atoms. The first-order valence-electron chi connectivity index (χ1n) is 6.31. The maximum Gasteiger partial charge on any atom is 0.246 e. The zero-order valence-electron chi connectivity index (χ0n) is 11.2. The van der Waals surface area contributed by atoms with Gasteiger partial charge in [-0.1, -0.05) is 6.07 Å². The van der Waals surface area contributed by atoms with Crippen LogP contribution in [0.5, 0.6) is 0 Å². The molecule has 0 fully saturated rings. The number of aliphatic hydroxyl groups is 1. The number of hydrogen-bond donors (Lipinski definition) is 2. The van der Waals surface area contributed by atoms with Crippen molar-refractivity contribution in [3.63, 3.8) is 0 Å². The third-order valence-corrected chi connectivity index (χ3v) is 3.86. The molecule has 2 heterocycles. The van der Waals surface area contributed by atoms with E-state index in [4.69, 9.17) is 9.15 Å². The van der Waals surface area contributed by atoms with Crippen LogP contribution in [0.1, 0.15) is 17.6 Å². The van der Waals surface area contributed by atoms with Gasteiger partial charge < -0.3 is 19.6 Å². The highest BCUT2D eigenvalue weighted by atomic mass is 32.1. The second kappa shape index (κ2) is 6.69. The minimum Gasteiger partial charge on any atom is -0.466 e. The van der Waals surface area contributed by atoms with Gasteiger partial charge in [0.2, 0.25) is 5.91 Å². The SMILES string of the molecule is CCOCC(=O)NC[C@](O)(c1ccco1)c1cccs1. The van der Waals surface area contributed by atoms with E-state index in [2.05, 4.69) is 5.32 Å². The van der Waals surface area contributed by atoms with Crippen LogP contribution in [0.3, 0.4) is 0 Å². The van der Waals surface area contributed by atoms with Gasteiger partial charge in [-0.25, -0.2) is 0 Å². The number of thiophene rings is 1. The molecule has 2 aromatic rings. The van der Waals surface area contributed by atoms with Crippen LogP contribution in [0.15, 0.2) is 40.3 Å². The van der Waals surface area contributed by atoms with Crippen molar-refractivity contribution in [1.29, 1.82) is 0 Å². The van der Waals surface area contributed by atoms with Gasteiger partial charge >= 0.3 is 0 Å². The molecule has 1 atom stereocenters. The van der Waals surface area contributed by atoms with Gasteiger partial charge in [-0.05, 0) is 30.5 Å². The Morgan fingerprint density at radius 3 is 2.95 bits per heavy atom. The van der Waals surface area contributed by atoms with Crippen LogP contribution >= 0.6 is 11.3 Å². The average Bonchev–Trinajstić information content (AvgIpc) is 3.14. The molecular formula is C14H17NO4S. The molecule has 0 saturated carbocycles. The Hall–Kier alpha value is -1.63. The molecule has 0 aromatic carbocycles. The molecule has 2 rings (SSSR count). The molecule has 0 saturated heterocycles. The summed E-state index contributed by atoms with van der Waals surface area (Å²) in [5.74, 6) is 0.130. The van der Waals surface area contributed by atoms with Gasteiger partial charge in [-0.3, -0.25) is 4.79 Å². The number of carbonyl (C=O) groups is 1. The molecule has 2 N–H and O–H groups in total. The summed E-state index contributed by atoms with van der Waals surface area (Å²) < 4.78 is 10.3. The van der Waals surface area contributed by atoms with Crippen LogP contribution in [0.2, 0.25) is 0 Å². The van der Waals surface area contributed by atoms with E-state index in [9.17, 15) is 9.90 Å². The summed E-state index contributed by atoms with van der Waals surface area (Å²) in [5.41, 5.74) is -1.36. The summed E-state index contributed by atoms with van der Waals surface area (Å²) in [6.07, 6.45) is 1.50. The fraction of sp³-hybridized carbons (Fsp3) is 0.357. The second-order valence-electron chi connectivity index (χ2n) is 4.23. The Labute approximate surface area is 121 Å². The van der Waals surface area contributed by atoms with Crippen molar-refractivity contribution < 1.29 is 19.1 Å². The first kappa shape index (κ1) is 14.8. The number of carbonyl (C=O) groups excluding carboxylic acids is 1. The minimum atomic E-state index is -1.36. The molecule has 108 valence electrons. The highest BCUT2D eigenvalue weighted by molar-refractivity contribution is 7.10. The van der Waals surface area contributed by atoms with Crippen molar-refractivity contribution in [2.75, 3.05) is 19.8 Å². The predicted molar refractivity (Wildman–Crippen MR) is 75.5 cm³/mol. The number of amides is 1. The van der Waals surface area contributed by atoms with Gasteiger partial charge in [-0.15, -0.1) is 11.3 Å². The smallest absolute Gasteiger partial charge is 0.246 e. The van der Waals surface area contributed by atoms with Crippen LogP contribution in [0, 0.1) is 0 Å². The monoisotopic (exact) mass is 295 g/mol. The molecule has 0 aliphatic rings. The first-order chi connectivity index (χ1) is 9.66. The molecule has 0 bridgehead atoms. The van der Waals surface area contributed by atoms with Crippen LogP contribution in [-0.4, -0.2) is 30.8 Å². The van der Waals surface area contributed by atoms with E-state index in [0.717, 1.165) is 0 Å². The standard InChI is InChI=1S/C14H17NO4S/c1-2-18-9-13(16)15-10-14(17,11-5-3-7-19-11)12-6-4-8-20-12/h3-8,17H,2,9-10H2,1H3,(H,15,16)/t14-/m0/s1. The Morgan fingerprint density at radius 2 is 2.35 bits per heavy atom. The van der Waals surface area contributed by atoms with Gasteiger partial charge in [0.25, 0.3) is 0 Å². The lowest BCUT2D eigenvalue weighted by molar-refractivity contribution is -0.126. The lowest BCUT2D eigenvalue weighted by Gasteiger charge is -2.25. The van der Waals surface area contributed by atoms with Gasteiger partial charge in [-0.2, -0.15) is 0 Å². The summed E-state index contributed by atoms with van der Waals surface area (Å²) >= 11 is 1.41. The van der Waals surface area contributed by atoms with Crippen LogP contribution in [0.4, 0.5) is 0 Å². The van der Waals surface area contributed by atoms with E-state index in [-0.39, 0.29) is 19.1 Å². The largest absolute Gasteiger partial charge is 0.466 e. The van der Waals surface area contributed by atoms with Crippen molar-refractivity contribution in [2.24, 2.45) is 0 Å². The van der Waals surface area contributed by atoms with E-state index < -0.39 is 5.60 Å². The highest BCUT2D eigenvalue weighted by Crippen LogP contribution is 2.32. The Bertz CT molecular complexity index is 487. The zero-order chi connectivity index (χ0) is 14.4. The third-order valence-electron chi connectivity index (χ3n) is 2.84. The molecule has 1 amide bonds. The molecular weight excluding hydrogens is 278 g/mol. The summed E-state index contributed by atoms with van der Waals surface area (Å²) in [4.78, 5) is 12.3. The van der Waals surface area contributed by atoms with Crippen molar-refractivity contribution in [3.8, 4) is 0 Å². The van der Waals surface area contributed by atoms with E-state index in [0.29, 0.717) is 17.2 Å². The quantitative estimate of drug-likeness (QED) is 0.816. The Balaban J connectivity index is 2.11. The molecule has 0 unspecified atom stereocenters. The Kier molecular flexibility index (Phi) is 4.94. The topological polar surface area (TPSA) is 71.7 Å². The third kappa shape index (κ3) is 3.27. The molecule has 5 nitrogen and oxygen atoms in total. The van der Waals surface area contributed by atoms with E-state index >= 15 is 0 Å². The lowest BCUT2D eigenvalue weighted by atomic mass is 9.98. The van der Waals surface area contributed by atoms with E-state index in [1.54, 1.807) is 12.1 Å². The van der Waals surface area contributed by atoms with Gasteiger partial charge in [0.15, 0.2) is 5.60 Å². The van der Waals surface area contributed by atoms with Crippen molar-refractivity contribution >= 4 is 17.2 Å². The molecule has 20 heavy (non-hydrogen) atoms. The van der Waals surface area contributed by atoms with E-state index in [1.807, 2.05) is 24.4 Å². The van der Waals surface area contributed by atoms with E-state index in [1.165, 1.54) is 17.6 Å². The van der Waals surface area contributed by atoms with Gasteiger partial charge in [0.1, 0.15) is 12.4 Å². The summed E-state index contributed by atoms with van der Waals surface area (Å²) in [6.45, 7) is 2.31. The number of furan rings is 1. The Morgan fingerprint density at radius 1 is 1.50 bits per heavy atom. The van der Waals surface area contributed by atoms with Gasteiger partial charge in [0, 0.05) is 11.5 Å². The maximum atomic E-state index is 11.6. The van der Waals surface area contributed by atoms with Crippen LogP contribution < -0.4 is 5.32 Å². The second-order valence-corrected chi connectivity index (χ2v) is 5.18. The van der Waals surface area contributed by atoms with Crippen LogP contribution in [0.25, 0.3) is 0 Å². The summed E-state index contributed by atoms with van der Waals surface area (Å²) in [7, 11) is 0. The highest BCUT2D eigenvalue weighted by Gasteiger charge is 2.36. The first-order valence-corrected chi connectivity index (χ1v) is 7.19. The number of hydrogen-bond acceptors (Lipinski definition) is 5. The van der Waals surface area contributed by atoms with Crippen molar-refractivity contribution in [1.82, 2.24) is 5.32 Å². The fourth-order valence-corrected chi connectivity index (χ4v) is 2.62. The van der Waals surface area contributed by atoms with Crippen molar-refractivity contribution in [3.05, 3.63) is 46.5 Å². The lowest BCUT2D eigenvalue weighted by Crippen LogP contribution is -2.42. The number of rotatable bonds is 7. The molecule has 2 aromatic heterocycles. The summed E-state index contributed by atoms with van der Waals surface area (Å²) in [5, 5.41) is 15.4. The average molecular weight is 295 g/mol. The number of ether oxygens (including phenoxy) is 1. The predicted octanol–water partition coefficient (Wildman–Crippen LogP) is 1.73. The molecule has 6 heteroatoms. The molecule has 0 radical (unpaired) electrons. The molecule has 0 aliphatic heterocycles. The normalized spacial score (nSPS) is 13.9. The number of nitrogens with one attached hydrogen (secondary N) is 1. The zero-order valence-corrected chi connectivity index (χ0v) is 12.0. The minimum absolute atomic E-state index is 0.0187.